The van der Waals surface area contributed by atoms with E-state index in [0.29, 0.717) is 5.92 Å². The third-order valence-electron chi connectivity index (χ3n) is 4.14. The van der Waals surface area contributed by atoms with Crippen LogP contribution in [-0.2, 0) is 0 Å². The second kappa shape index (κ2) is 8.57. The molecule has 0 saturated carbocycles. The highest BCUT2D eigenvalue weighted by molar-refractivity contribution is 5.85. The van der Waals surface area contributed by atoms with E-state index >= 15 is 0 Å². The molecule has 21 heavy (non-hydrogen) atoms. The van der Waals surface area contributed by atoms with Gasteiger partial charge in [0.1, 0.15) is 11.6 Å². The number of aromatic hydroxyl groups is 1. The molecule has 1 heterocycles. The zero-order valence-corrected chi connectivity index (χ0v) is 13.6. The summed E-state index contributed by atoms with van der Waals surface area (Å²) in [6, 6.07) is 4.37. The summed E-state index contributed by atoms with van der Waals surface area (Å²) in [6.07, 6.45) is 2.17. The van der Waals surface area contributed by atoms with Gasteiger partial charge in [-0.1, -0.05) is 20.3 Å². The predicted octanol–water partition coefficient (Wildman–Crippen LogP) is 3.34. The predicted molar refractivity (Wildman–Crippen MR) is 86.6 cm³/mol. The van der Waals surface area contributed by atoms with Crippen LogP contribution in [0.2, 0.25) is 0 Å². The van der Waals surface area contributed by atoms with Crippen LogP contribution >= 0.6 is 12.4 Å². The number of hydrogen-bond donors (Lipinski definition) is 2. The lowest BCUT2D eigenvalue weighted by Gasteiger charge is -2.39. The SMILES string of the molecule is CCCC(C)[C@@H](c1cc(F)ccc1O)N1CCNCC1.Cl. The molecule has 2 rings (SSSR count). The molecule has 2 atom stereocenters. The molecule has 1 aliphatic heterocycles. The second-order valence-corrected chi connectivity index (χ2v) is 5.70. The topological polar surface area (TPSA) is 35.5 Å². The quantitative estimate of drug-likeness (QED) is 0.874. The van der Waals surface area contributed by atoms with Gasteiger partial charge in [-0.2, -0.15) is 0 Å². The minimum Gasteiger partial charge on any atom is -0.508 e. The van der Waals surface area contributed by atoms with E-state index in [1.807, 2.05) is 0 Å². The van der Waals surface area contributed by atoms with Gasteiger partial charge < -0.3 is 10.4 Å². The Morgan fingerprint density at radius 3 is 2.62 bits per heavy atom. The van der Waals surface area contributed by atoms with Gasteiger partial charge in [-0.3, -0.25) is 4.90 Å². The van der Waals surface area contributed by atoms with Crippen LogP contribution in [-0.4, -0.2) is 36.2 Å². The Balaban J connectivity index is 0.00000220. The zero-order valence-electron chi connectivity index (χ0n) is 12.8. The van der Waals surface area contributed by atoms with E-state index in [0.717, 1.165) is 44.6 Å². The summed E-state index contributed by atoms with van der Waals surface area (Å²) in [7, 11) is 0. The van der Waals surface area contributed by atoms with Crippen molar-refractivity contribution in [1.82, 2.24) is 10.2 Å². The molecule has 120 valence electrons. The van der Waals surface area contributed by atoms with E-state index in [2.05, 4.69) is 24.1 Å². The van der Waals surface area contributed by atoms with E-state index < -0.39 is 0 Å². The summed E-state index contributed by atoms with van der Waals surface area (Å²) >= 11 is 0. The van der Waals surface area contributed by atoms with Crippen LogP contribution in [0.3, 0.4) is 0 Å². The van der Waals surface area contributed by atoms with E-state index in [1.165, 1.54) is 18.2 Å². The standard InChI is InChI=1S/C16H25FN2O.ClH/c1-3-4-12(2)16(19-9-7-18-8-10-19)14-11-13(17)5-6-15(14)20;/h5-6,11-12,16,18,20H,3-4,7-10H2,1-2H3;1H/t12?,16-;/m0./s1. The fourth-order valence-corrected chi connectivity index (χ4v) is 3.20. The fourth-order valence-electron chi connectivity index (χ4n) is 3.20. The van der Waals surface area contributed by atoms with Gasteiger partial charge in [-0.05, 0) is 30.5 Å². The van der Waals surface area contributed by atoms with Gasteiger partial charge in [0.2, 0.25) is 0 Å². The molecule has 0 amide bonds. The van der Waals surface area contributed by atoms with Crippen molar-refractivity contribution in [3.63, 3.8) is 0 Å². The van der Waals surface area contributed by atoms with Gasteiger partial charge in [0, 0.05) is 37.8 Å². The Kier molecular flexibility index (Phi) is 7.43. The van der Waals surface area contributed by atoms with Crippen LogP contribution in [0, 0.1) is 11.7 Å². The average molecular weight is 317 g/mol. The van der Waals surface area contributed by atoms with Crippen molar-refractivity contribution in [3.05, 3.63) is 29.6 Å². The number of nitrogens with zero attached hydrogens (tertiary/aromatic N) is 1. The molecule has 5 heteroatoms. The summed E-state index contributed by atoms with van der Waals surface area (Å²) in [5.74, 6) is 0.324. The molecule has 0 aliphatic carbocycles. The highest BCUT2D eigenvalue weighted by Crippen LogP contribution is 2.36. The van der Waals surface area contributed by atoms with Gasteiger partial charge in [0.15, 0.2) is 0 Å². The van der Waals surface area contributed by atoms with E-state index in [4.69, 9.17) is 0 Å². The third-order valence-corrected chi connectivity index (χ3v) is 4.14. The molecular weight excluding hydrogens is 291 g/mol. The molecule has 0 aromatic heterocycles. The summed E-state index contributed by atoms with van der Waals surface area (Å²) in [4.78, 5) is 2.37. The minimum atomic E-state index is -0.276. The molecule has 1 aromatic carbocycles. The highest BCUT2D eigenvalue weighted by atomic mass is 35.5. The number of benzene rings is 1. The Hall–Kier alpha value is -0.840. The summed E-state index contributed by atoms with van der Waals surface area (Å²) in [5.41, 5.74) is 0.729. The third kappa shape index (κ3) is 4.56. The largest absolute Gasteiger partial charge is 0.508 e. The van der Waals surface area contributed by atoms with Gasteiger partial charge >= 0.3 is 0 Å². The molecule has 1 fully saturated rings. The van der Waals surface area contributed by atoms with Gasteiger partial charge in [0.25, 0.3) is 0 Å². The molecule has 3 nitrogen and oxygen atoms in total. The lowest BCUT2D eigenvalue weighted by Crippen LogP contribution is -2.46. The number of halogens is 2. The van der Waals surface area contributed by atoms with Crippen LogP contribution < -0.4 is 5.32 Å². The number of piperazine rings is 1. The number of phenolic OH excluding ortho intramolecular Hbond substituents is 1. The van der Waals surface area contributed by atoms with Gasteiger partial charge in [-0.25, -0.2) is 4.39 Å². The maximum Gasteiger partial charge on any atom is 0.123 e. The van der Waals surface area contributed by atoms with Crippen LogP contribution in [0.25, 0.3) is 0 Å². The van der Waals surface area contributed by atoms with Crippen molar-refractivity contribution in [1.29, 1.82) is 0 Å². The van der Waals surface area contributed by atoms with Crippen molar-refractivity contribution in [2.45, 2.75) is 32.7 Å². The summed E-state index contributed by atoms with van der Waals surface area (Å²) in [6.45, 7) is 8.14. The number of rotatable bonds is 5. The number of phenols is 1. The molecule has 2 N–H and O–H groups in total. The zero-order chi connectivity index (χ0) is 14.5. The highest BCUT2D eigenvalue weighted by Gasteiger charge is 2.29. The van der Waals surface area contributed by atoms with E-state index in [1.54, 1.807) is 0 Å². The summed E-state index contributed by atoms with van der Waals surface area (Å²) in [5, 5.41) is 13.5. The van der Waals surface area contributed by atoms with E-state index in [-0.39, 0.29) is 30.0 Å². The molecule has 0 spiro atoms. The van der Waals surface area contributed by atoms with Crippen LogP contribution in [0.5, 0.6) is 5.75 Å². The monoisotopic (exact) mass is 316 g/mol. The Morgan fingerprint density at radius 2 is 2.00 bits per heavy atom. The second-order valence-electron chi connectivity index (χ2n) is 5.70. The molecule has 0 bridgehead atoms. The van der Waals surface area contributed by atoms with Gasteiger partial charge in [0.05, 0.1) is 0 Å². The maximum absolute atomic E-state index is 13.6. The Labute approximate surface area is 132 Å². The molecule has 1 saturated heterocycles. The first kappa shape index (κ1) is 18.2. The molecule has 1 aliphatic rings. The number of hydrogen-bond acceptors (Lipinski definition) is 3. The Morgan fingerprint density at radius 1 is 1.33 bits per heavy atom. The maximum atomic E-state index is 13.6. The van der Waals surface area contributed by atoms with Crippen LogP contribution in [0.1, 0.15) is 38.3 Å². The first-order valence-electron chi connectivity index (χ1n) is 7.56. The van der Waals surface area contributed by atoms with Crippen molar-refractivity contribution >= 4 is 12.4 Å². The van der Waals surface area contributed by atoms with Crippen molar-refractivity contribution in [2.75, 3.05) is 26.2 Å². The average Bonchev–Trinajstić information content (AvgIpc) is 2.44. The molecule has 0 radical (unpaired) electrons. The first-order valence-corrected chi connectivity index (χ1v) is 7.56. The fraction of sp³-hybridized carbons (Fsp3) is 0.625. The van der Waals surface area contributed by atoms with Crippen LogP contribution in [0.4, 0.5) is 4.39 Å². The first-order chi connectivity index (χ1) is 9.63. The van der Waals surface area contributed by atoms with Crippen molar-refractivity contribution in [2.24, 2.45) is 5.92 Å². The van der Waals surface area contributed by atoms with Crippen molar-refractivity contribution in [3.8, 4) is 5.75 Å². The van der Waals surface area contributed by atoms with E-state index in [9.17, 15) is 9.50 Å². The minimum absolute atomic E-state index is 0. The number of nitrogens with one attached hydrogen (secondary N) is 1. The smallest absolute Gasteiger partial charge is 0.123 e. The van der Waals surface area contributed by atoms with Gasteiger partial charge in [-0.15, -0.1) is 12.4 Å². The van der Waals surface area contributed by atoms with Crippen LogP contribution in [0.15, 0.2) is 18.2 Å². The molecule has 1 unspecified atom stereocenters. The normalized spacial score (nSPS) is 18.8. The summed E-state index contributed by atoms with van der Waals surface area (Å²) < 4.78 is 13.6. The lowest BCUT2D eigenvalue weighted by atomic mass is 9.88. The lowest BCUT2D eigenvalue weighted by molar-refractivity contribution is 0.123. The Bertz CT molecular complexity index is 438. The molecular formula is C16H26ClFN2O. The molecule has 1 aromatic rings. The van der Waals surface area contributed by atoms with Crippen molar-refractivity contribution < 1.29 is 9.50 Å².